The summed E-state index contributed by atoms with van der Waals surface area (Å²) in [6, 6.07) is 0. The average molecular weight is 434 g/mol. The van der Waals surface area contributed by atoms with Gasteiger partial charge < -0.3 is 15.7 Å². The van der Waals surface area contributed by atoms with E-state index in [0.29, 0.717) is 18.7 Å². The van der Waals surface area contributed by atoms with Crippen molar-refractivity contribution in [1.82, 2.24) is 4.90 Å². The van der Waals surface area contributed by atoms with Gasteiger partial charge in [0.15, 0.2) is 0 Å². The van der Waals surface area contributed by atoms with Gasteiger partial charge in [0.1, 0.15) is 0 Å². The van der Waals surface area contributed by atoms with Crippen LogP contribution in [0, 0.1) is 5.92 Å². The summed E-state index contributed by atoms with van der Waals surface area (Å²) in [5.41, 5.74) is 7.45. The van der Waals surface area contributed by atoms with Crippen LogP contribution in [0.3, 0.4) is 0 Å². The Morgan fingerprint density at radius 1 is 1.43 bits per heavy atom. The third kappa shape index (κ3) is 9.15. The summed E-state index contributed by atoms with van der Waals surface area (Å²) in [5.74, 6) is 0.144. The zero-order chi connectivity index (χ0) is 18.0. The van der Waals surface area contributed by atoms with Gasteiger partial charge in [-0.15, -0.1) is 0 Å². The topological polar surface area (TPSA) is 66.6 Å². The Labute approximate surface area is 154 Å². The van der Waals surface area contributed by atoms with Crippen LogP contribution in [0.5, 0.6) is 0 Å². The minimum atomic E-state index is -0.364. The molecule has 3 atom stereocenters. The van der Waals surface area contributed by atoms with Gasteiger partial charge in [0.25, 0.3) is 0 Å². The van der Waals surface area contributed by atoms with Gasteiger partial charge in [0.05, 0.1) is 6.10 Å². The molecule has 0 bridgehead atoms. The Morgan fingerprint density at radius 3 is 2.48 bits per heavy atom. The van der Waals surface area contributed by atoms with E-state index in [9.17, 15) is 9.90 Å². The molecule has 5 heteroatoms. The number of hydrogen-bond acceptors (Lipinski definition) is 3. The molecule has 0 spiro atoms. The van der Waals surface area contributed by atoms with E-state index in [1.54, 1.807) is 17.2 Å². The van der Waals surface area contributed by atoms with Crippen molar-refractivity contribution in [3.63, 3.8) is 0 Å². The van der Waals surface area contributed by atoms with Crippen molar-refractivity contribution in [1.29, 1.82) is 0 Å². The average Bonchev–Trinajstić information content (AvgIpc) is 2.48. The Kier molecular flexibility index (Phi) is 11.3. The van der Waals surface area contributed by atoms with Crippen molar-refractivity contribution >= 4 is 28.5 Å². The van der Waals surface area contributed by atoms with Crippen molar-refractivity contribution in [2.75, 3.05) is 6.54 Å². The number of halogens is 1. The number of nitrogens with zero attached hydrogens (tertiary/aromatic N) is 1. The molecule has 0 fully saturated rings. The van der Waals surface area contributed by atoms with Gasteiger partial charge in [0, 0.05) is 34.9 Å². The highest BCUT2D eigenvalue weighted by Crippen LogP contribution is 2.17. The van der Waals surface area contributed by atoms with Crippen LogP contribution in [0.15, 0.2) is 36.2 Å². The van der Waals surface area contributed by atoms with E-state index < -0.39 is 0 Å². The predicted octanol–water partition coefficient (Wildman–Crippen LogP) is 3.76. The molecule has 3 unspecified atom stereocenters. The van der Waals surface area contributed by atoms with Gasteiger partial charge in [-0.25, -0.2) is 0 Å². The standard InChI is InChI=1S/C18H31IN2O2/c1-6-8-9-17(20)16(7-2)12-21(15(5)22)11-13(3)10-18(23)14(4)19/h7,9,12-14,18,23H,2,6,8,10-11,20H2,1,3-5H3/b16-12-,17-9+. The van der Waals surface area contributed by atoms with Crippen LogP contribution < -0.4 is 5.73 Å². The molecule has 4 nitrogen and oxygen atoms in total. The van der Waals surface area contributed by atoms with Crippen LogP contribution in [0.1, 0.15) is 47.0 Å². The van der Waals surface area contributed by atoms with Crippen LogP contribution in [0.4, 0.5) is 0 Å². The minimum absolute atomic E-state index is 0.0449. The highest BCUT2D eigenvalue weighted by atomic mass is 127. The van der Waals surface area contributed by atoms with Gasteiger partial charge in [-0.2, -0.15) is 0 Å². The first kappa shape index (κ1) is 22.2. The number of alkyl halides is 1. The van der Waals surface area contributed by atoms with E-state index in [2.05, 4.69) is 36.1 Å². The maximum Gasteiger partial charge on any atom is 0.223 e. The van der Waals surface area contributed by atoms with Gasteiger partial charge in [-0.3, -0.25) is 4.79 Å². The Hall–Kier alpha value is -0.820. The van der Waals surface area contributed by atoms with Crippen LogP contribution in [-0.4, -0.2) is 32.5 Å². The lowest BCUT2D eigenvalue weighted by Gasteiger charge is -2.24. The molecular formula is C18H31IN2O2. The fourth-order valence-corrected chi connectivity index (χ4v) is 2.41. The van der Waals surface area contributed by atoms with Crippen LogP contribution in [0.2, 0.25) is 0 Å². The number of allylic oxidation sites excluding steroid dienone is 2. The number of aliphatic hydroxyl groups is 1. The second-order valence-corrected chi connectivity index (χ2v) is 7.96. The summed E-state index contributed by atoms with van der Waals surface area (Å²) < 4.78 is 0.188. The maximum atomic E-state index is 11.9. The Morgan fingerprint density at radius 2 is 2.04 bits per heavy atom. The first-order chi connectivity index (χ1) is 10.7. The number of amides is 1. The molecule has 0 saturated heterocycles. The lowest BCUT2D eigenvalue weighted by Crippen LogP contribution is -2.31. The normalized spacial score (nSPS) is 16.6. The summed E-state index contributed by atoms with van der Waals surface area (Å²) in [6.07, 6.45) is 7.59. The summed E-state index contributed by atoms with van der Waals surface area (Å²) >= 11 is 2.22. The van der Waals surface area contributed by atoms with Crippen LogP contribution in [0.25, 0.3) is 0 Å². The quantitative estimate of drug-likeness (QED) is 0.313. The highest BCUT2D eigenvalue weighted by molar-refractivity contribution is 14.1. The summed E-state index contributed by atoms with van der Waals surface area (Å²) in [4.78, 5) is 13.6. The number of carbonyl (C=O) groups is 1. The molecule has 0 aromatic rings. The SMILES string of the molecule is C=CC(=C/N(CC(C)CC(O)C(C)I)C(C)=O)/C(N)=C\CCC. The first-order valence-electron chi connectivity index (χ1n) is 8.12. The molecule has 0 aliphatic heterocycles. The van der Waals surface area contributed by atoms with Gasteiger partial charge >= 0.3 is 0 Å². The summed E-state index contributed by atoms with van der Waals surface area (Å²) in [6.45, 7) is 12.0. The molecule has 132 valence electrons. The third-order valence-electron chi connectivity index (χ3n) is 3.59. The molecule has 0 rings (SSSR count). The van der Waals surface area contributed by atoms with E-state index >= 15 is 0 Å². The first-order valence-corrected chi connectivity index (χ1v) is 9.37. The molecule has 0 aliphatic rings. The Balaban J connectivity index is 5.06. The van der Waals surface area contributed by atoms with Gasteiger partial charge in [-0.1, -0.05) is 68.5 Å². The van der Waals surface area contributed by atoms with Gasteiger partial charge in [-0.05, 0) is 18.8 Å². The van der Waals surface area contributed by atoms with E-state index in [-0.39, 0.29) is 21.9 Å². The molecule has 0 aromatic carbocycles. The monoisotopic (exact) mass is 434 g/mol. The van der Waals surface area contributed by atoms with E-state index in [1.165, 1.54) is 6.92 Å². The lowest BCUT2D eigenvalue weighted by atomic mass is 10.0. The second kappa shape index (κ2) is 11.7. The van der Waals surface area contributed by atoms with E-state index in [0.717, 1.165) is 18.4 Å². The van der Waals surface area contributed by atoms with Crippen LogP contribution >= 0.6 is 22.6 Å². The molecular weight excluding hydrogens is 403 g/mol. The fraction of sp³-hybridized carbons (Fsp3) is 0.611. The van der Waals surface area contributed by atoms with Crippen molar-refractivity contribution < 1.29 is 9.90 Å². The van der Waals surface area contributed by atoms with E-state index in [4.69, 9.17) is 5.73 Å². The molecule has 0 radical (unpaired) electrons. The minimum Gasteiger partial charge on any atom is -0.398 e. The summed E-state index contributed by atoms with van der Waals surface area (Å²) in [7, 11) is 0. The molecule has 0 aromatic heterocycles. The smallest absolute Gasteiger partial charge is 0.223 e. The van der Waals surface area contributed by atoms with Crippen molar-refractivity contribution in [3.05, 3.63) is 36.2 Å². The fourth-order valence-electron chi connectivity index (χ4n) is 2.11. The van der Waals surface area contributed by atoms with Crippen molar-refractivity contribution in [2.45, 2.75) is 57.0 Å². The number of aliphatic hydroxyl groups excluding tert-OH is 1. The maximum absolute atomic E-state index is 11.9. The largest absolute Gasteiger partial charge is 0.398 e. The lowest BCUT2D eigenvalue weighted by molar-refractivity contribution is -0.126. The molecule has 0 saturated carbocycles. The molecule has 3 N–H and O–H groups in total. The van der Waals surface area contributed by atoms with Gasteiger partial charge in [0.2, 0.25) is 5.91 Å². The summed E-state index contributed by atoms with van der Waals surface area (Å²) in [5, 5.41) is 9.99. The molecule has 23 heavy (non-hydrogen) atoms. The zero-order valence-corrected chi connectivity index (χ0v) is 16.9. The Bertz CT molecular complexity index is 444. The number of unbranched alkanes of at least 4 members (excludes halogenated alkanes) is 1. The molecule has 0 heterocycles. The van der Waals surface area contributed by atoms with Crippen molar-refractivity contribution in [3.8, 4) is 0 Å². The van der Waals surface area contributed by atoms with Crippen LogP contribution in [-0.2, 0) is 4.79 Å². The predicted molar refractivity (Wildman–Crippen MR) is 106 cm³/mol. The molecule has 0 aliphatic carbocycles. The zero-order valence-electron chi connectivity index (χ0n) is 14.8. The number of hydrogen-bond donors (Lipinski definition) is 2. The molecule has 1 amide bonds. The number of rotatable bonds is 10. The number of carbonyl (C=O) groups excluding carboxylic acids is 1. The van der Waals surface area contributed by atoms with Crippen molar-refractivity contribution in [2.24, 2.45) is 11.7 Å². The number of nitrogens with two attached hydrogens (primary N) is 1. The van der Waals surface area contributed by atoms with E-state index in [1.807, 2.05) is 19.9 Å². The second-order valence-electron chi connectivity index (χ2n) is 5.99. The third-order valence-corrected chi connectivity index (χ3v) is 4.42. The highest BCUT2D eigenvalue weighted by Gasteiger charge is 2.18.